The molecule has 0 aliphatic heterocycles. The molecule has 3 nitrogen and oxygen atoms in total. The summed E-state index contributed by atoms with van der Waals surface area (Å²) >= 11 is 1.37. The van der Waals surface area contributed by atoms with Crippen molar-refractivity contribution >= 4 is 17.6 Å². The third kappa shape index (κ3) is 1.33. The molecular formula is C6H5N3S. The van der Waals surface area contributed by atoms with E-state index >= 15 is 0 Å². The van der Waals surface area contributed by atoms with Crippen LogP contribution in [0.1, 0.15) is 9.75 Å². The monoisotopic (exact) mass is 151 g/mol. The molecule has 1 rings (SSSR count). The molecule has 0 fully saturated rings. The molecule has 1 aromatic rings. The van der Waals surface area contributed by atoms with Gasteiger partial charge in [0.25, 0.3) is 0 Å². The molecule has 1 aromatic heterocycles. The highest BCUT2D eigenvalue weighted by atomic mass is 32.1. The Balaban J connectivity index is 2.91. The molecule has 0 aliphatic carbocycles. The van der Waals surface area contributed by atoms with Gasteiger partial charge in [-0.2, -0.15) is 10.4 Å². The van der Waals surface area contributed by atoms with Crippen molar-refractivity contribution in [2.75, 3.05) is 0 Å². The minimum Gasteiger partial charge on any atom is -0.323 e. The van der Waals surface area contributed by atoms with Crippen LogP contribution in [0.2, 0.25) is 0 Å². The van der Waals surface area contributed by atoms with Crippen LogP contribution in [0, 0.1) is 11.3 Å². The van der Waals surface area contributed by atoms with Gasteiger partial charge >= 0.3 is 0 Å². The molecule has 50 valence electrons. The maximum absolute atomic E-state index is 8.40. The van der Waals surface area contributed by atoms with Crippen LogP contribution in [-0.4, -0.2) is 6.21 Å². The van der Waals surface area contributed by atoms with Gasteiger partial charge in [0.05, 0.1) is 6.21 Å². The van der Waals surface area contributed by atoms with Crippen LogP contribution < -0.4 is 5.84 Å². The van der Waals surface area contributed by atoms with E-state index in [0.717, 1.165) is 4.88 Å². The zero-order valence-corrected chi connectivity index (χ0v) is 5.93. The van der Waals surface area contributed by atoms with Crippen molar-refractivity contribution in [3.8, 4) is 6.07 Å². The molecule has 0 radical (unpaired) electrons. The van der Waals surface area contributed by atoms with Gasteiger partial charge in [-0.3, -0.25) is 0 Å². The van der Waals surface area contributed by atoms with E-state index in [0.29, 0.717) is 4.88 Å². The van der Waals surface area contributed by atoms with Crippen LogP contribution in [0.15, 0.2) is 17.2 Å². The molecule has 10 heavy (non-hydrogen) atoms. The number of thiophene rings is 1. The minimum atomic E-state index is 0.676. The minimum absolute atomic E-state index is 0.676. The number of nitrogens with zero attached hydrogens (tertiary/aromatic N) is 2. The summed E-state index contributed by atoms with van der Waals surface area (Å²) in [6.45, 7) is 0. The first kappa shape index (κ1) is 6.78. The number of hydrogen-bond donors (Lipinski definition) is 1. The highest BCUT2D eigenvalue weighted by Gasteiger charge is 1.93. The van der Waals surface area contributed by atoms with Gasteiger partial charge in [-0.1, -0.05) is 0 Å². The van der Waals surface area contributed by atoms with E-state index in [-0.39, 0.29) is 0 Å². The van der Waals surface area contributed by atoms with Gasteiger partial charge in [-0.05, 0) is 12.1 Å². The molecule has 2 N–H and O–H groups in total. The van der Waals surface area contributed by atoms with Crippen molar-refractivity contribution in [1.82, 2.24) is 0 Å². The average molecular weight is 151 g/mol. The van der Waals surface area contributed by atoms with Gasteiger partial charge in [-0.15, -0.1) is 11.3 Å². The normalized spacial score (nSPS) is 9.90. The van der Waals surface area contributed by atoms with Crippen molar-refractivity contribution < 1.29 is 0 Å². The molecular weight excluding hydrogens is 146 g/mol. The fourth-order valence-corrected chi connectivity index (χ4v) is 1.24. The SMILES string of the molecule is N#Cc1ccc(/C=N/N)s1. The van der Waals surface area contributed by atoms with E-state index in [9.17, 15) is 0 Å². The average Bonchev–Trinajstić information content (AvgIpc) is 2.37. The summed E-state index contributed by atoms with van der Waals surface area (Å²) in [5, 5.41) is 11.7. The Morgan fingerprint density at radius 3 is 3.00 bits per heavy atom. The Hall–Kier alpha value is -1.34. The number of nitriles is 1. The smallest absolute Gasteiger partial charge is 0.110 e. The van der Waals surface area contributed by atoms with E-state index < -0.39 is 0 Å². The number of nitrogens with two attached hydrogens (primary N) is 1. The summed E-state index contributed by atoms with van der Waals surface area (Å²) < 4.78 is 0. The summed E-state index contributed by atoms with van der Waals surface area (Å²) in [4.78, 5) is 1.58. The fourth-order valence-electron chi connectivity index (χ4n) is 0.556. The van der Waals surface area contributed by atoms with Gasteiger partial charge in [0.1, 0.15) is 10.9 Å². The maximum atomic E-state index is 8.40. The van der Waals surface area contributed by atoms with E-state index in [1.807, 2.05) is 6.07 Å². The zero-order valence-electron chi connectivity index (χ0n) is 5.11. The fraction of sp³-hybridized carbons (Fsp3) is 0. The Morgan fingerprint density at radius 1 is 1.70 bits per heavy atom. The van der Waals surface area contributed by atoms with Crippen LogP contribution in [0.4, 0.5) is 0 Å². The number of rotatable bonds is 1. The highest BCUT2D eigenvalue weighted by molar-refractivity contribution is 7.14. The molecule has 0 aliphatic rings. The second-order valence-corrected chi connectivity index (χ2v) is 2.71. The van der Waals surface area contributed by atoms with Crippen LogP contribution >= 0.6 is 11.3 Å². The quantitative estimate of drug-likeness (QED) is 0.368. The van der Waals surface area contributed by atoms with Crippen LogP contribution in [0.5, 0.6) is 0 Å². The van der Waals surface area contributed by atoms with Gasteiger partial charge in [0.2, 0.25) is 0 Å². The zero-order chi connectivity index (χ0) is 7.40. The Labute approximate surface area is 62.4 Å². The van der Waals surface area contributed by atoms with Gasteiger partial charge in [0, 0.05) is 4.88 Å². The number of hydrazone groups is 1. The van der Waals surface area contributed by atoms with E-state index in [4.69, 9.17) is 11.1 Å². The summed E-state index contributed by atoms with van der Waals surface area (Å²) in [6, 6.07) is 5.56. The largest absolute Gasteiger partial charge is 0.323 e. The lowest BCUT2D eigenvalue weighted by atomic mass is 10.4. The second kappa shape index (κ2) is 2.99. The first-order chi connectivity index (χ1) is 4.86. The molecule has 0 amide bonds. The Morgan fingerprint density at radius 2 is 2.50 bits per heavy atom. The summed E-state index contributed by atoms with van der Waals surface area (Å²) in [5.74, 6) is 4.90. The molecule has 0 saturated carbocycles. The third-order valence-corrected chi connectivity index (χ3v) is 1.86. The predicted octanol–water partition coefficient (Wildman–Crippen LogP) is 0.912. The molecule has 0 atom stereocenters. The van der Waals surface area contributed by atoms with Crippen LogP contribution in [-0.2, 0) is 0 Å². The molecule has 0 unspecified atom stereocenters. The van der Waals surface area contributed by atoms with Gasteiger partial charge in [0.15, 0.2) is 0 Å². The maximum Gasteiger partial charge on any atom is 0.110 e. The first-order valence-electron chi connectivity index (χ1n) is 2.60. The highest BCUT2D eigenvalue weighted by Crippen LogP contribution is 2.12. The summed E-state index contributed by atoms with van der Waals surface area (Å²) in [6.07, 6.45) is 1.52. The molecule has 0 saturated heterocycles. The summed E-state index contributed by atoms with van der Waals surface area (Å²) in [5.41, 5.74) is 0. The van der Waals surface area contributed by atoms with Gasteiger partial charge in [-0.25, -0.2) is 0 Å². The van der Waals surface area contributed by atoms with E-state index in [1.165, 1.54) is 17.6 Å². The third-order valence-electron chi connectivity index (χ3n) is 0.939. The lowest BCUT2D eigenvalue weighted by Crippen LogP contribution is -1.80. The molecule has 4 heteroatoms. The van der Waals surface area contributed by atoms with Crippen molar-refractivity contribution in [3.05, 3.63) is 21.9 Å². The Bertz CT molecular complexity index is 281. The van der Waals surface area contributed by atoms with Crippen molar-refractivity contribution in [2.45, 2.75) is 0 Å². The van der Waals surface area contributed by atoms with Crippen LogP contribution in [0.3, 0.4) is 0 Å². The van der Waals surface area contributed by atoms with Crippen LogP contribution in [0.25, 0.3) is 0 Å². The summed E-state index contributed by atoms with van der Waals surface area (Å²) in [7, 11) is 0. The van der Waals surface area contributed by atoms with Crippen molar-refractivity contribution in [3.63, 3.8) is 0 Å². The van der Waals surface area contributed by atoms with Crippen molar-refractivity contribution in [1.29, 1.82) is 5.26 Å². The molecule has 0 spiro atoms. The standard InChI is InChI=1S/C6H5N3S/c7-3-5-1-2-6(10-5)4-9-8/h1-2,4H,8H2/b9-4+. The lowest BCUT2D eigenvalue weighted by Gasteiger charge is -1.75. The van der Waals surface area contributed by atoms with E-state index in [2.05, 4.69) is 5.10 Å². The topological polar surface area (TPSA) is 62.2 Å². The predicted molar refractivity (Wildman–Crippen MR) is 40.8 cm³/mol. The van der Waals surface area contributed by atoms with Crippen molar-refractivity contribution in [2.24, 2.45) is 10.9 Å². The number of hydrogen-bond acceptors (Lipinski definition) is 4. The second-order valence-electron chi connectivity index (χ2n) is 1.59. The molecule has 0 bridgehead atoms. The van der Waals surface area contributed by atoms with E-state index in [1.54, 1.807) is 12.1 Å². The first-order valence-corrected chi connectivity index (χ1v) is 3.41. The Kier molecular flexibility index (Phi) is 2.03. The van der Waals surface area contributed by atoms with Gasteiger partial charge < -0.3 is 5.84 Å². The molecule has 1 heterocycles. The lowest BCUT2D eigenvalue weighted by molar-refractivity contribution is 1.27. The molecule has 0 aromatic carbocycles.